The van der Waals surface area contributed by atoms with Gasteiger partial charge in [-0.1, -0.05) is 22.0 Å². The highest BCUT2D eigenvalue weighted by Gasteiger charge is 2.10. The quantitative estimate of drug-likeness (QED) is 0.891. The first-order chi connectivity index (χ1) is 8.13. The Morgan fingerprint density at radius 1 is 1.47 bits per heavy atom. The molecule has 1 aromatic heterocycles. The van der Waals surface area contributed by atoms with Crippen LogP contribution in [-0.4, -0.2) is 15.7 Å². The number of nitrogens with zero attached hydrogens (tertiary/aromatic N) is 2. The van der Waals surface area contributed by atoms with E-state index in [4.69, 9.17) is 11.5 Å². The first-order valence-corrected chi connectivity index (χ1v) is 5.75. The molecule has 0 bridgehead atoms. The van der Waals surface area contributed by atoms with Crippen LogP contribution in [0.15, 0.2) is 35.1 Å². The fraction of sp³-hybridized carbons (Fsp3) is 0.0909. The normalized spacial score (nSPS) is 10.5. The number of nitrogens with two attached hydrogens (primary N) is 2. The average molecular weight is 295 g/mol. The Morgan fingerprint density at radius 2 is 2.24 bits per heavy atom. The summed E-state index contributed by atoms with van der Waals surface area (Å²) < 4.78 is 2.50. The largest absolute Gasteiger partial charge is 0.366 e. The number of carbonyl (C=O) groups excluding carboxylic acids is 1. The molecule has 2 rings (SSSR count). The minimum absolute atomic E-state index is 0.368. The number of carbonyl (C=O) groups is 1. The van der Waals surface area contributed by atoms with Crippen LogP contribution >= 0.6 is 15.9 Å². The van der Waals surface area contributed by atoms with Gasteiger partial charge in [-0.25, -0.2) is 4.68 Å². The Labute approximate surface area is 107 Å². The predicted molar refractivity (Wildman–Crippen MR) is 67.7 cm³/mol. The van der Waals surface area contributed by atoms with Crippen molar-refractivity contribution in [1.82, 2.24) is 9.78 Å². The summed E-state index contributed by atoms with van der Waals surface area (Å²) in [4.78, 5) is 11.0. The highest BCUT2D eigenvalue weighted by Crippen LogP contribution is 2.23. The maximum absolute atomic E-state index is 11.0. The second-order valence-electron chi connectivity index (χ2n) is 3.48. The summed E-state index contributed by atoms with van der Waals surface area (Å²) in [6, 6.07) is 5.67. The fourth-order valence-corrected chi connectivity index (χ4v) is 2.06. The monoisotopic (exact) mass is 294 g/mol. The lowest BCUT2D eigenvalue weighted by atomic mass is 10.2. The maximum Gasteiger partial charge on any atom is 0.251 e. The summed E-state index contributed by atoms with van der Waals surface area (Å²) >= 11 is 3.43. The molecule has 6 heteroatoms. The van der Waals surface area contributed by atoms with E-state index in [1.165, 1.54) is 6.20 Å². The van der Waals surface area contributed by atoms with Crippen molar-refractivity contribution >= 4 is 21.8 Å². The van der Waals surface area contributed by atoms with Crippen LogP contribution in [0.25, 0.3) is 5.69 Å². The summed E-state index contributed by atoms with van der Waals surface area (Å²) in [5.74, 6) is -0.499. The van der Waals surface area contributed by atoms with E-state index in [-0.39, 0.29) is 0 Å². The summed E-state index contributed by atoms with van der Waals surface area (Å²) in [5.41, 5.74) is 13.0. The van der Waals surface area contributed by atoms with Gasteiger partial charge in [0, 0.05) is 22.8 Å². The van der Waals surface area contributed by atoms with E-state index in [1.54, 1.807) is 10.9 Å². The lowest BCUT2D eigenvalue weighted by Gasteiger charge is -2.09. The Bertz CT molecular complexity index is 564. The average Bonchev–Trinajstić information content (AvgIpc) is 2.77. The number of benzene rings is 1. The molecule has 0 radical (unpaired) electrons. The first-order valence-electron chi connectivity index (χ1n) is 4.95. The van der Waals surface area contributed by atoms with Gasteiger partial charge in [-0.2, -0.15) is 5.10 Å². The molecule has 0 aliphatic rings. The van der Waals surface area contributed by atoms with Gasteiger partial charge in [-0.15, -0.1) is 0 Å². The van der Waals surface area contributed by atoms with Gasteiger partial charge in [0.05, 0.1) is 17.4 Å². The van der Waals surface area contributed by atoms with Crippen LogP contribution in [-0.2, 0) is 6.54 Å². The zero-order chi connectivity index (χ0) is 12.4. The molecule has 17 heavy (non-hydrogen) atoms. The molecule has 1 heterocycles. The molecule has 0 unspecified atom stereocenters. The third-order valence-electron chi connectivity index (χ3n) is 2.41. The van der Waals surface area contributed by atoms with Gasteiger partial charge in [-0.3, -0.25) is 4.79 Å². The Hall–Kier alpha value is -1.66. The van der Waals surface area contributed by atoms with Gasteiger partial charge in [0.1, 0.15) is 0 Å². The first kappa shape index (κ1) is 11.8. The number of hydrogen-bond donors (Lipinski definition) is 2. The van der Waals surface area contributed by atoms with Crippen molar-refractivity contribution in [3.05, 3.63) is 46.2 Å². The van der Waals surface area contributed by atoms with E-state index < -0.39 is 5.91 Å². The third kappa shape index (κ3) is 2.22. The van der Waals surface area contributed by atoms with Crippen LogP contribution < -0.4 is 11.5 Å². The highest BCUT2D eigenvalue weighted by molar-refractivity contribution is 9.10. The van der Waals surface area contributed by atoms with Gasteiger partial charge >= 0.3 is 0 Å². The molecule has 1 aromatic carbocycles. The van der Waals surface area contributed by atoms with Crippen molar-refractivity contribution in [3.63, 3.8) is 0 Å². The van der Waals surface area contributed by atoms with E-state index in [9.17, 15) is 4.79 Å². The predicted octanol–water partition coefficient (Wildman–Crippen LogP) is 1.19. The number of halogens is 1. The van der Waals surface area contributed by atoms with Crippen molar-refractivity contribution in [2.45, 2.75) is 6.54 Å². The second-order valence-corrected chi connectivity index (χ2v) is 4.33. The molecule has 88 valence electrons. The van der Waals surface area contributed by atoms with E-state index in [2.05, 4.69) is 21.0 Å². The third-order valence-corrected chi connectivity index (χ3v) is 3.16. The number of rotatable bonds is 3. The molecule has 2 aromatic rings. The summed E-state index contributed by atoms with van der Waals surface area (Å²) in [7, 11) is 0. The molecule has 0 saturated carbocycles. The molecule has 0 aliphatic carbocycles. The molecule has 0 fully saturated rings. The topological polar surface area (TPSA) is 86.9 Å². The van der Waals surface area contributed by atoms with Crippen LogP contribution in [0.4, 0.5) is 0 Å². The highest BCUT2D eigenvalue weighted by atomic mass is 79.9. The smallest absolute Gasteiger partial charge is 0.251 e. The molecular weight excluding hydrogens is 284 g/mol. The molecule has 0 atom stereocenters. The maximum atomic E-state index is 11.0. The van der Waals surface area contributed by atoms with Crippen molar-refractivity contribution in [2.75, 3.05) is 0 Å². The Morgan fingerprint density at radius 3 is 2.82 bits per heavy atom. The molecule has 5 nitrogen and oxygen atoms in total. The van der Waals surface area contributed by atoms with Gasteiger partial charge < -0.3 is 11.5 Å². The van der Waals surface area contributed by atoms with Crippen LogP contribution in [0.5, 0.6) is 0 Å². The molecule has 0 aliphatic heterocycles. The minimum Gasteiger partial charge on any atom is -0.366 e. The van der Waals surface area contributed by atoms with Gasteiger partial charge in [0.25, 0.3) is 5.91 Å². The second kappa shape index (κ2) is 4.68. The molecule has 4 N–H and O–H groups in total. The van der Waals surface area contributed by atoms with Crippen LogP contribution in [0.3, 0.4) is 0 Å². The number of aromatic nitrogens is 2. The van der Waals surface area contributed by atoms with Crippen molar-refractivity contribution in [3.8, 4) is 5.69 Å². The Kier molecular flexibility index (Phi) is 3.26. The summed E-state index contributed by atoms with van der Waals surface area (Å²) in [6.45, 7) is 0.378. The zero-order valence-corrected chi connectivity index (χ0v) is 10.5. The molecule has 0 saturated heterocycles. The number of hydrogen-bond acceptors (Lipinski definition) is 3. The fourth-order valence-electron chi connectivity index (χ4n) is 1.55. The lowest BCUT2D eigenvalue weighted by molar-refractivity contribution is 0.100. The number of primary amides is 1. The van der Waals surface area contributed by atoms with E-state index in [0.717, 1.165) is 15.7 Å². The SMILES string of the molecule is NCc1c(Br)cccc1-n1cc(C(N)=O)cn1. The standard InChI is InChI=1S/C11H11BrN4O/c12-9-2-1-3-10(8(9)4-13)16-6-7(5-15-16)11(14)17/h1-3,5-6H,4,13H2,(H2,14,17). The minimum atomic E-state index is -0.499. The van der Waals surface area contributed by atoms with Crippen molar-refractivity contribution < 1.29 is 4.79 Å². The van der Waals surface area contributed by atoms with Crippen molar-refractivity contribution in [1.29, 1.82) is 0 Å². The molecular formula is C11H11BrN4O. The number of amides is 1. The van der Waals surface area contributed by atoms with Crippen molar-refractivity contribution in [2.24, 2.45) is 11.5 Å². The lowest BCUT2D eigenvalue weighted by Crippen LogP contribution is -2.10. The van der Waals surface area contributed by atoms with Crippen LogP contribution in [0, 0.1) is 0 Å². The summed E-state index contributed by atoms with van der Waals surface area (Å²) in [5, 5.41) is 4.10. The zero-order valence-electron chi connectivity index (χ0n) is 8.93. The molecule has 1 amide bonds. The summed E-state index contributed by atoms with van der Waals surface area (Å²) in [6.07, 6.45) is 3.02. The van der Waals surface area contributed by atoms with Crippen LogP contribution in [0.1, 0.15) is 15.9 Å². The van der Waals surface area contributed by atoms with Gasteiger partial charge in [0.15, 0.2) is 0 Å². The van der Waals surface area contributed by atoms with E-state index in [0.29, 0.717) is 12.1 Å². The van der Waals surface area contributed by atoms with Crippen LogP contribution in [0.2, 0.25) is 0 Å². The van der Waals surface area contributed by atoms with E-state index >= 15 is 0 Å². The van der Waals surface area contributed by atoms with Gasteiger partial charge in [0.2, 0.25) is 0 Å². The molecule has 0 spiro atoms. The van der Waals surface area contributed by atoms with E-state index in [1.807, 2.05) is 18.2 Å². The Balaban J connectivity index is 2.52. The van der Waals surface area contributed by atoms with Gasteiger partial charge in [-0.05, 0) is 12.1 Å².